The van der Waals surface area contributed by atoms with E-state index in [1.165, 1.54) is 24.1 Å². The smallest absolute Gasteiger partial charge is 0.337 e. The van der Waals surface area contributed by atoms with Gasteiger partial charge in [0.25, 0.3) is 0 Å². The van der Waals surface area contributed by atoms with Crippen LogP contribution in [0.2, 0.25) is 0 Å². The number of carbonyl (C=O) groups is 3. The Morgan fingerprint density at radius 3 is 2.62 bits per heavy atom. The van der Waals surface area contributed by atoms with E-state index in [0.29, 0.717) is 13.0 Å². The maximum atomic E-state index is 14.0. The number of benzene rings is 1. The van der Waals surface area contributed by atoms with E-state index in [0.717, 1.165) is 6.07 Å². The minimum Gasteiger partial charge on any atom is -0.481 e. The standard InChI is InChI=1S/C16H19FN2O5/c1-9-5-11(14(20)21)8-19(7-9)16(23)18-13-4-3-10(6-12(13)17)15(22)24-2/h3-4,6,9,11H,5,7-8H2,1-2H3,(H,18,23)(H,20,21). The molecular weight excluding hydrogens is 319 g/mol. The van der Waals surface area contributed by atoms with Crippen LogP contribution in [0, 0.1) is 17.7 Å². The third-order valence-electron chi connectivity index (χ3n) is 3.93. The van der Waals surface area contributed by atoms with Gasteiger partial charge in [0.05, 0.1) is 24.3 Å². The molecule has 130 valence electrons. The second kappa shape index (κ2) is 7.29. The Morgan fingerprint density at radius 2 is 2.04 bits per heavy atom. The van der Waals surface area contributed by atoms with Crippen LogP contribution in [0.3, 0.4) is 0 Å². The van der Waals surface area contributed by atoms with Crippen molar-refractivity contribution in [2.24, 2.45) is 11.8 Å². The number of nitrogens with zero attached hydrogens (tertiary/aromatic N) is 1. The summed E-state index contributed by atoms with van der Waals surface area (Å²) in [6.07, 6.45) is 0.501. The summed E-state index contributed by atoms with van der Waals surface area (Å²) in [6, 6.07) is 3.00. The third-order valence-corrected chi connectivity index (χ3v) is 3.93. The van der Waals surface area contributed by atoms with Crippen LogP contribution in [-0.4, -0.2) is 48.2 Å². The van der Waals surface area contributed by atoms with Gasteiger partial charge in [0.15, 0.2) is 0 Å². The van der Waals surface area contributed by atoms with Gasteiger partial charge in [-0.05, 0) is 30.5 Å². The van der Waals surface area contributed by atoms with Gasteiger partial charge in [-0.3, -0.25) is 4.79 Å². The second-order valence-electron chi connectivity index (χ2n) is 5.90. The molecule has 0 aliphatic carbocycles. The first-order valence-electron chi connectivity index (χ1n) is 7.48. The lowest BCUT2D eigenvalue weighted by atomic mass is 9.91. The molecule has 0 bridgehead atoms. The lowest BCUT2D eigenvalue weighted by Gasteiger charge is -2.34. The number of piperidine rings is 1. The topological polar surface area (TPSA) is 95.9 Å². The molecule has 2 atom stereocenters. The first kappa shape index (κ1) is 17.7. The number of rotatable bonds is 3. The van der Waals surface area contributed by atoms with Crippen molar-refractivity contribution >= 4 is 23.7 Å². The molecular formula is C16H19FN2O5. The van der Waals surface area contributed by atoms with Crippen molar-refractivity contribution in [3.05, 3.63) is 29.6 Å². The summed E-state index contributed by atoms with van der Waals surface area (Å²) in [5, 5.41) is 11.5. The maximum absolute atomic E-state index is 14.0. The van der Waals surface area contributed by atoms with Gasteiger partial charge in [0.1, 0.15) is 5.82 Å². The Bertz CT molecular complexity index is 664. The van der Waals surface area contributed by atoms with Crippen LogP contribution >= 0.6 is 0 Å². The number of halogens is 1. The zero-order valence-corrected chi connectivity index (χ0v) is 13.4. The van der Waals surface area contributed by atoms with Crippen LogP contribution in [0.4, 0.5) is 14.9 Å². The number of esters is 1. The van der Waals surface area contributed by atoms with Gasteiger partial charge < -0.3 is 20.1 Å². The van der Waals surface area contributed by atoms with Gasteiger partial charge in [-0.15, -0.1) is 0 Å². The molecule has 8 heteroatoms. The minimum absolute atomic E-state index is 0.0329. The van der Waals surface area contributed by atoms with Crippen molar-refractivity contribution in [1.29, 1.82) is 0 Å². The average molecular weight is 338 g/mol. The summed E-state index contributed by atoms with van der Waals surface area (Å²) in [7, 11) is 1.19. The number of carboxylic acids is 1. The van der Waals surface area contributed by atoms with Crippen LogP contribution in [-0.2, 0) is 9.53 Å². The Kier molecular flexibility index (Phi) is 5.38. The van der Waals surface area contributed by atoms with Gasteiger partial charge in [-0.1, -0.05) is 6.92 Å². The quantitative estimate of drug-likeness (QED) is 0.824. The average Bonchev–Trinajstić information content (AvgIpc) is 2.55. The number of hydrogen-bond donors (Lipinski definition) is 2. The normalized spacial score (nSPS) is 20.4. The Morgan fingerprint density at radius 1 is 1.33 bits per heavy atom. The Balaban J connectivity index is 2.09. The SMILES string of the molecule is COC(=O)c1ccc(NC(=O)N2CC(C)CC(C(=O)O)C2)c(F)c1. The number of hydrogen-bond acceptors (Lipinski definition) is 4. The van der Waals surface area contributed by atoms with Crippen molar-refractivity contribution in [3.63, 3.8) is 0 Å². The summed E-state index contributed by atoms with van der Waals surface area (Å²) in [4.78, 5) is 36.1. The van der Waals surface area contributed by atoms with E-state index in [4.69, 9.17) is 5.11 Å². The van der Waals surface area contributed by atoms with E-state index < -0.39 is 29.7 Å². The number of anilines is 1. The molecule has 1 saturated heterocycles. The van der Waals surface area contributed by atoms with E-state index in [1.807, 2.05) is 6.92 Å². The molecule has 0 radical (unpaired) electrons. The number of nitrogens with one attached hydrogen (secondary N) is 1. The monoisotopic (exact) mass is 338 g/mol. The number of ether oxygens (including phenoxy) is 1. The van der Waals surface area contributed by atoms with Crippen LogP contribution in [0.1, 0.15) is 23.7 Å². The van der Waals surface area contributed by atoms with Crippen LogP contribution in [0.15, 0.2) is 18.2 Å². The summed E-state index contributed by atoms with van der Waals surface area (Å²) in [6.45, 7) is 2.34. The highest BCUT2D eigenvalue weighted by Crippen LogP contribution is 2.23. The van der Waals surface area contributed by atoms with Crippen LogP contribution < -0.4 is 5.32 Å². The highest BCUT2D eigenvalue weighted by atomic mass is 19.1. The number of methoxy groups -OCH3 is 1. The van der Waals surface area contributed by atoms with Gasteiger partial charge >= 0.3 is 18.0 Å². The molecule has 1 aliphatic heterocycles. The molecule has 2 N–H and O–H groups in total. The number of aliphatic carboxylic acids is 1. The fourth-order valence-corrected chi connectivity index (χ4v) is 2.75. The fourth-order valence-electron chi connectivity index (χ4n) is 2.75. The molecule has 1 aromatic rings. The van der Waals surface area contributed by atoms with E-state index in [9.17, 15) is 18.8 Å². The predicted molar refractivity (Wildman–Crippen MR) is 83.2 cm³/mol. The Labute approximate surface area is 138 Å². The molecule has 2 unspecified atom stereocenters. The predicted octanol–water partition coefficient (Wildman–Crippen LogP) is 2.19. The number of amides is 2. The van der Waals surface area contributed by atoms with Gasteiger partial charge in [-0.25, -0.2) is 14.0 Å². The van der Waals surface area contributed by atoms with Crippen LogP contribution in [0.5, 0.6) is 0 Å². The molecule has 2 amide bonds. The highest BCUT2D eigenvalue weighted by molar-refractivity contribution is 5.92. The largest absolute Gasteiger partial charge is 0.481 e. The second-order valence-corrected chi connectivity index (χ2v) is 5.90. The number of carboxylic acid groups (broad SMARTS) is 1. The molecule has 2 rings (SSSR count). The van der Waals surface area contributed by atoms with Crippen LogP contribution in [0.25, 0.3) is 0 Å². The summed E-state index contributed by atoms with van der Waals surface area (Å²) < 4.78 is 18.5. The van der Waals surface area contributed by atoms with E-state index in [2.05, 4.69) is 10.1 Å². The molecule has 1 heterocycles. The van der Waals surface area contributed by atoms with E-state index >= 15 is 0 Å². The van der Waals surface area contributed by atoms with Crippen molar-refractivity contribution in [2.75, 3.05) is 25.5 Å². The number of urea groups is 1. The molecule has 7 nitrogen and oxygen atoms in total. The minimum atomic E-state index is -0.951. The zero-order valence-electron chi connectivity index (χ0n) is 13.4. The number of likely N-dealkylation sites (tertiary alicyclic amines) is 1. The van der Waals surface area contributed by atoms with Crippen molar-refractivity contribution in [3.8, 4) is 0 Å². The molecule has 0 spiro atoms. The first-order valence-corrected chi connectivity index (χ1v) is 7.48. The van der Waals surface area contributed by atoms with Crippen molar-refractivity contribution in [2.45, 2.75) is 13.3 Å². The highest BCUT2D eigenvalue weighted by Gasteiger charge is 2.32. The molecule has 0 saturated carbocycles. The first-order chi connectivity index (χ1) is 11.3. The van der Waals surface area contributed by atoms with E-state index in [-0.39, 0.29) is 23.7 Å². The zero-order chi connectivity index (χ0) is 17.9. The fraction of sp³-hybridized carbons (Fsp3) is 0.438. The van der Waals surface area contributed by atoms with E-state index in [1.54, 1.807) is 0 Å². The maximum Gasteiger partial charge on any atom is 0.337 e. The molecule has 24 heavy (non-hydrogen) atoms. The van der Waals surface area contributed by atoms with Gasteiger partial charge in [0, 0.05) is 13.1 Å². The van der Waals surface area contributed by atoms with Gasteiger partial charge in [0.2, 0.25) is 0 Å². The lowest BCUT2D eigenvalue weighted by Crippen LogP contribution is -2.47. The molecule has 1 aliphatic rings. The summed E-state index contributed by atoms with van der Waals surface area (Å²) >= 11 is 0. The van der Waals surface area contributed by atoms with Crippen molar-refractivity contribution < 1.29 is 28.6 Å². The molecule has 1 fully saturated rings. The third kappa shape index (κ3) is 4.01. The summed E-state index contributed by atoms with van der Waals surface area (Å²) in [5.41, 5.74) is -0.0525. The lowest BCUT2D eigenvalue weighted by molar-refractivity contribution is -0.143. The summed E-state index contributed by atoms with van der Waals surface area (Å²) in [5.74, 6) is -3.00. The van der Waals surface area contributed by atoms with Crippen molar-refractivity contribution in [1.82, 2.24) is 4.90 Å². The number of carbonyl (C=O) groups excluding carboxylic acids is 2. The molecule has 1 aromatic carbocycles. The Hall–Kier alpha value is -2.64. The molecule has 0 aromatic heterocycles. The van der Waals surface area contributed by atoms with Gasteiger partial charge in [-0.2, -0.15) is 0 Å².